The lowest BCUT2D eigenvalue weighted by atomic mass is 9.53. The topological polar surface area (TPSA) is 42.0 Å². The molecule has 0 radical (unpaired) electrons. The van der Waals surface area contributed by atoms with Crippen LogP contribution in [0, 0.1) is 11.8 Å². The molecule has 1 aromatic carbocycles. The van der Waals surface area contributed by atoms with Crippen LogP contribution < -0.4 is 9.64 Å². The van der Waals surface area contributed by atoms with Crippen LogP contribution >= 0.6 is 0 Å². The Kier molecular flexibility index (Phi) is 2.66. The van der Waals surface area contributed by atoms with E-state index in [2.05, 4.69) is 28.0 Å². The summed E-state index contributed by atoms with van der Waals surface area (Å²) in [6, 6.07) is 7.13. The fourth-order valence-electron chi connectivity index (χ4n) is 7.66. The van der Waals surface area contributed by atoms with Gasteiger partial charge in [-0.25, -0.2) is 0 Å². The lowest BCUT2D eigenvalue weighted by Crippen LogP contribution is -2.69. The van der Waals surface area contributed by atoms with Crippen LogP contribution in [0.4, 0.5) is 5.69 Å². The summed E-state index contributed by atoms with van der Waals surface area (Å²) in [5, 5.41) is 0. The van der Waals surface area contributed by atoms with E-state index in [-0.39, 0.29) is 23.5 Å². The monoisotopic (exact) mass is 364 g/mol. The van der Waals surface area contributed by atoms with E-state index >= 15 is 0 Å². The van der Waals surface area contributed by atoms with Gasteiger partial charge in [-0.3, -0.25) is 9.69 Å². The molecule has 1 aromatic rings. The standard InChI is InChI=1S/C22H24N2O3/c1-26-13-2-3-16-15(8-13)22-5-6-23-11-12-4-7-27-17-10-19(25)24(16)21(22)20(17)14(12)9-18(22)23/h2-4,8,14,17-18,20-21H,5-7,9-11H2,1H3. The van der Waals surface area contributed by atoms with Gasteiger partial charge < -0.3 is 14.4 Å². The van der Waals surface area contributed by atoms with Gasteiger partial charge >= 0.3 is 0 Å². The third-order valence-corrected chi connectivity index (χ3v) is 8.52. The normalized spacial score (nSPS) is 43.3. The summed E-state index contributed by atoms with van der Waals surface area (Å²) < 4.78 is 11.9. The molecule has 5 aliphatic heterocycles. The molecule has 0 aromatic heterocycles. The van der Waals surface area contributed by atoms with E-state index in [1.807, 2.05) is 6.07 Å². The fraction of sp³-hybridized carbons (Fsp3) is 0.591. The Morgan fingerprint density at radius 3 is 3.15 bits per heavy atom. The van der Waals surface area contributed by atoms with Crippen LogP contribution in [-0.4, -0.2) is 55.8 Å². The first-order valence-electron chi connectivity index (χ1n) is 10.3. The van der Waals surface area contributed by atoms with Crippen LogP contribution in [0.25, 0.3) is 0 Å². The van der Waals surface area contributed by atoms with E-state index in [0.29, 0.717) is 30.9 Å². The molecule has 1 saturated carbocycles. The number of fused-ring (bicyclic) bond motifs is 2. The number of carbonyl (C=O) groups excluding carboxylic acids is 1. The third-order valence-electron chi connectivity index (χ3n) is 8.52. The number of carbonyl (C=O) groups is 1. The SMILES string of the molecule is COc1ccc2c(c1)C13CCN4CC5=CCOC6CC(=O)N2C1C6C5CC43. The third kappa shape index (κ3) is 1.56. The van der Waals surface area contributed by atoms with Gasteiger partial charge in [-0.2, -0.15) is 0 Å². The highest BCUT2D eigenvalue weighted by Gasteiger charge is 2.71. The summed E-state index contributed by atoms with van der Waals surface area (Å²) in [7, 11) is 1.73. The van der Waals surface area contributed by atoms with Crippen molar-refractivity contribution in [2.75, 3.05) is 31.7 Å². The molecule has 5 heterocycles. The fourth-order valence-corrected chi connectivity index (χ4v) is 7.66. The number of anilines is 1. The van der Waals surface area contributed by atoms with Gasteiger partial charge in [0.15, 0.2) is 0 Å². The number of amides is 1. The van der Waals surface area contributed by atoms with Gasteiger partial charge in [0.25, 0.3) is 0 Å². The summed E-state index contributed by atoms with van der Waals surface area (Å²) in [5.41, 5.74) is 4.09. The van der Waals surface area contributed by atoms with E-state index in [1.54, 1.807) is 12.7 Å². The minimum Gasteiger partial charge on any atom is -0.497 e. The van der Waals surface area contributed by atoms with Crippen molar-refractivity contribution in [3.05, 3.63) is 35.4 Å². The van der Waals surface area contributed by atoms with E-state index in [4.69, 9.17) is 9.47 Å². The van der Waals surface area contributed by atoms with Crippen molar-refractivity contribution in [1.29, 1.82) is 0 Å². The lowest BCUT2D eigenvalue weighted by molar-refractivity contribution is -0.132. The van der Waals surface area contributed by atoms with Crippen molar-refractivity contribution in [2.45, 2.75) is 42.9 Å². The highest BCUT2D eigenvalue weighted by atomic mass is 16.5. The molecular weight excluding hydrogens is 340 g/mol. The molecule has 3 saturated heterocycles. The molecule has 27 heavy (non-hydrogen) atoms. The van der Waals surface area contributed by atoms with Crippen LogP contribution in [0.5, 0.6) is 5.75 Å². The summed E-state index contributed by atoms with van der Waals surface area (Å²) in [4.78, 5) is 18.2. The molecule has 1 amide bonds. The van der Waals surface area contributed by atoms with Crippen molar-refractivity contribution in [3.63, 3.8) is 0 Å². The van der Waals surface area contributed by atoms with Crippen LogP contribution in [0.2, 0.25) is 0 Å². The van der Waals surface area contributed by atoms with Crippen LogP contribution in [0.3, 0.4) is 0 Å². The van der Waals surface area contributed by atoms with Crippen LogP contribution in [-0.2, 0) is 14.9 Å². The molecule has 6 atom stereocenters. The highest BCUT2D eigenvalue weighted by Crippen LogP contribution is 2.65. The maximum atomic E-state index is 13.3. The van der Waals surface area contributed by atoms with Gasteiger partial charge in [-0.05, 0) is 49.1 Å². The number of piperidine rings is 2. The first kappa shape index (κ1) is 15.1. The number of hydrogen-bond donors (Lipinski definition) is 0. The largest absolute Gasteiger partial charge is 0.497 e. The first-order valence-corrected chi connectivity index (χ1v) is 10.3. The maximum Gasteiger partial charge on any atom is 0.229 e. The molecule has 2 bridgehead atoms. The Hall–Kier alpha value is -1.85. The predicted octanol–water partition coefficient (Wildman–Crippen LogP) is 2.10. The molecule has 4 fully saturated rings. The number of methoxy groups -OCH3 is 1. The second-order valence-corrected chi connectivity index (χ2v) is 9.14. The van der Waals surface area contributed by atoms with Crippen molar-refractivity contribution in [2.24, 2.45) is 11.8 Å². The first-order chi connectivity index (χ1) is 13.2. The predicted molar refractivity (Wildman–Crippen MR) is 100.0 cm³/mol. The van der Waals surface area contributed by atoms with E-state index in [1.165, 1.54) is 12.0 Å². The molecule has 6 unspecified atom stereocenters. The molecule has 5 nitrogen and oxygen atoms in total. The number of nitrogens with zero attached hydrogens (tertiary/aromatic N) is 2. The summed E-state index contributed by atoms with van der Waals surface area (Å²) in [6.45, 7) is 2.88. The number of ether oxygens (including phenoxy) is 2. The van der Waals surface area contributed by atoms with Crippen LogP contribution in [0.15, 0.2) is 29.8 Å². The molecule has 6 aliphatic rings. The second kappa shape index (κ2) is 4.76. The Balaban J connectivity index is 1.53. The number of hydrogen-bond acceptors (Lipinski definition) is 4. The molecule has 140 valence electrons. The second-order valence-electron chi connectivity index (χ2n) is 9.14. The zero-order valence-electron chi connectivity index (χ0n) is 15.6. The molecule has 7 rings (SSSR count). The summed E-state index contributed by atoms with van der Waals surface area (Å²) in [6.07, 6.45) is 5.26. The molecular formula is C22H24N2O3. The van der Waals surface area contributed by atoms with E-state index < -0.39 is 0 Å². The molecule has 5 heteroatoms. The molecule has 1 aliphatic carbocycles. The van der Waals surface area contributed by atoms with Gasteiger partial charge in [0, 0.05) is 29.6 Å². The number of benzene rings is 1. The summed E-state index contributed by atoms with van der Waals surface area (Å²) >= 11 is 0. The van der Waals surface area contributed by atoms with E-state index in [0.717, 1.165) is 30.9 Å². The average molecular weight is 364 g/mol. The smallest absolute Gasteiger partial charge is 0.229 e. The Morgan fingerprint density at radius 2 is 2.26 bits per heavy atom. The average Bonchev–Trinajstić information content (AvgIpc) is 3.15. The minimum atomic E-state index is 0.0403. The van der Waals surface area contributed by atoms with Crippen molar-refractivity contribution in [3.8, 4) is 5.75 Å². The minimum absolute atomic E-state index is 0.0403. The molecule has 0 N–H and O–H groups in total. The number of rotatable bonds is 1. The van der Waals surface area contributed by atoms with Gasteiger partial charge in [0.1, 0.15) is 5.75 Å². The maximum absolute atomic E-state index is 13.3. The Labute approximate surface area is 158 Å². The van der Waals surface area contributed by atoms with Crippen molar-refractivity contribution >= 4 is 11.6 Å². The lowest BCUT2D eigenvalue weighted by Gasteiger charge is -2.58. The van der Waals surface area contributed by atoms with Gasteiger partial charge in [0.2, 0.25) is 5.91 Å². The van der Waals surface area contributed by atoms with E-state index in [9.17, 15) is 4.79 Å². The van der Waals surface area contributed by atoms with Crippen molar-refractivity contribution in [1.82, 2.24) is 4.90 Å². The zero-order valence-corrected chi connectivity index (χ0v) is 15.6. The highest BCUT2D eigenvalue weighted by molar-refractivity contribution is 5.99. The molecule has 1 spiro atoms. The zero-order chi connectivity index (χ0) is 17.9. The van der Waals surface area contributed by atoms with Crippen LogP contribution in [0.1, 0.15) is 24.8 Å². The van der Waals surface area contributed by atoms with Crippen molar-refractivity contribution < 1.29 is 14.3 Å². The van der Waals surface area contributed by atoms with Gasteiger partial charge in [0.05, 0.1) is 32.3 Å². The Morgan fingerprint density at radius 1 is 1.33 bits per heavy atom. The van der Waals surface area contributed by atoms with Gasteiger partial charge in [-0.1, -0.05) is 11.6 Å². The summed E-state index contributed by atoms with van der Waals surface area (Å²) in [5.74, 6) is 2.14. The Bertz CT molecular complexity index is 911. The van der Waals surface area contributed by atoms with Gasteiger partial charge in [-0.15, -0.1) is 0 Å². The quantitative estimate of drug-likeness (QED) is 0.716.